The van der Waals surface area contributed by atoms with Crippen molar-refractivity contribution in [2.45, 2.75) is 331 Å². The molecule has 0 amide bonds. The van der Waals surface area contributed by atoms with Gasteiger partial charge in [0.1, 0.15) is 0 Å². The van der Waals surface area contributed by atoms with Gasteiger partial charge in [0.15, 0.2) is 16.6 Å². The lowest BCUT2D eigenvalue weighted by Gasteiger charge is -2.48. The number of rotatable bonds is 33. The number of fused-ring (bicyclic) bond motifs is 5. The maximum atomic E-state index is 8.38. The van der Waals surface area contributed by atoms with Gasteiger partial charge in [-0.3, -0.25) is 0 Å². The maximum Gasteiger partial charge on any atom is 0.317 e. The monoisotopic (exact) mass is 1300 g/mol. The van der Waals surface area contributed by atoms with E-state index in [1.54, 1.807) is 0 Å². The molecule has 10 fully saturated rings. The van der Waals surface area contributed by atoms with Gasteiger partial charge >= 0.3 is 68.5 Å². The summed E-state index contributed by atoms with van der Waals surface area (Å²) in [6, 6.07) is 4.63. The molecule has 24 heteroatoms. The highest BCUT2D eigenvalue weighted by Crippen LogP contribution is 2.49. The highest BCUT2D eigenvalue weighted by Gasteiger charge is 2.58. The fourth-order valence-corrected chi connectivity index (χ4v) is 69.1. The molecular weight excluding hydrogens is 1190 g/mol. The Hall–Kier alpha value is 1.61. The van der Waals surface area contributed by atoms with Gasteiger partial charge in [-0.25, -0.2) is 0 Å². The van der Waals surface area contributed by atoms with Crippen LogP contribution in [-0.4, -0.2) is 146 Å². The lowest BCUT2D eigenvalue weighted by Crippen LogP contribution is -2.65. The predicted molar refractivity (Wildman–Crippen MR) is 344 cm³/mol. The zero-order chi connectivity index (χ0) is 58.2. The van der Waals surface area contributed by atoms with E-state index >= 15 is 0 Å². The van der Waals surface area contributed by atoms with Crippen molar-refractivity contribution in [3.8, 4) is 0 Å². The normalized spacial score (nSPS) is 38.3. The van der Waals surface area contributed by atoms with Gasteiger partial charge in [0.05, 0.1) is 61.0 Å². The van der Waals surface area contributed by atoms with Crippen molar-refractivity contribution in [3.63, 3.8) is 0 Å². The maximum absolute atomic E-state index is 8.38. The molecule has 5 saturated carbocycles. The summed E-state index contributed by atoms with van der Waals surface area (Å²) in [7, 11) is -27.3. The standard InChI is InChI=1S/C57H116O14Si10/c1-72(2,3)63-74(7,8)65-75(9,10)66-76(11,12)67-78(14,34-29-44-19-24-49-54(39-44)59-49)69-80(16,36-31-46-21-26-51-56(41-46)61-51)71-81(17,37-32-47-22-27-52-57(42-47)62-52)70-79(15,35-30-45-20-25-50-55(40-45)60-50)68-77(13,64-73(4,5)6)33-28-43-18-23-48-53(38-43)58-48/h43-57H,18-42H2,1-17H3. The zero-order valence-electron chi connectivity index (χ0n) is 54.1. The first-order valence-corrected chi connectivity index (χ1v) is 61.1. The molecule has 0 aromatic heterocycles. The molecule has 5 heterocycles. The SMILES string of the molecule is C[Si](C)(C)O[Si](C)(C)O[Si](C)(C)O[Si](C)(C)O[Si](C)(CCC1CCC2OC2C1)O[Si](C)(CCC1CCC2OC2C1)O[Si](C)(CCC1CCC2OC2C1)O[Si](C)(CCC1CCC2OC2C1)O[Si](C)(CCC1CCC2OC2C1)O[Si](C)(C)C. The summed E-state index contributed by atoms with van der Waals surface area (Å²) in [4.78, 5) is 0. The third-order valence-corrected chi connectivity index (χ3v) is 59.8. The Balaban J connectivity index is 0.966. The summed E-state index contributed by atoms with van der Waals surface area (Å²) in [5, 5.41) is 0. The molecule has 468 valence electrons. The quantitative estimate of drug-likeness (QED) is 0.0454. The second-order valence-corrected chi connectivity index (χ2v) is 70.2. The first-order chi connectivity index (χ1) is 37.6. The minimum Gasteiger partial charge on any atom is -0.437 e. The number of epoxide rings is 5. The molecule has 14 nitrogen and oxygen atoms in total. The van der Waals surface area contributed by atoms with Crippen LogP contribution in [0.1, 0.15) is 128 Å². The van der Waals surface area contributed by atoms with Crippen LogP contribution in [0.4, 0.5) is 0 Å². The van der Waals surface area contributed by atoms with E-state index in [-0.39, 0.29) is 0 Å². The summed E-state index contributed by atoms with van der Waals surface area (Å²) in [5.74, 6) is 3.04. The molecule has 81 heavy (non-hydrogen) atoms. The lowest BCUT2D eigenvalue weighted by molar-refractivity contribution is 0.234. The van der Waals surface area contributed by atoms with Crippen LogP contribution < -0.4 is 0 Å². The third kappa shape index (κ3) is 20.1. The van der Waals surface area contributed by atoms with Crippen molar-refractivity contribution in [2.75, 3.05) is 0 Å². The van der Waals surface area contributed by atoms with Gasteiger partial charge in [-0.15, -0.1) is 0 Å². The van der Waals surface area contributed by atoms with Crippen LogP contribution in [0.3, 0.4) is 0 Å². The Labute approximate surface area is 503 Å². The molecule has 10 rings (SSSR count). The van der Waals surface area contributed by atoms with Crippen LogP contribution in [0, 0.1) is 29.6 Å². The second-order valence-electron chi connectivity index (χ2n) is 32.2. The minimum absolute atomic E-state index is 0.419. The molecule has 0 aromatic rings. The summed E-state index contributed by atoms with van der Waals surface area (Å²) in [6.45, 7) is 39.2. The Kier molecular flexibility index (Phi) is 20.2. The molecule has 0 aromatic carbocycles. The highest BCUT2D eigenvalue weighted by molar-refractivity contribution is 6.94. The van der Waals surface area contributed by atoms with E-state index < -0.39 is 85.1 Å². The summed E-state index contributed by atoms with van der Waals surface area (Å²) in [5.41, 5.74) is 0. The molecule has 20 atom stereocenters. The van der Waals surface area contributed by atoms with Crippen LogP contribution in [0.5, 0.6) is 0 Å². The summed E-state index contributed by atoms with van der Waals surface area (Å²) < 4.78 is 100. The van der Waals surface area contributed by atoms with E-state index in [4.69, 9.17) is 60.7 Å². The van der Waals surface area contributed by atoms with E-state index in [1.807, 2.05) is 0 Å². The molecule has 20 unspecified atom stereocenters. The molecule has 0 radical (unpaired) electrons. The first-order valence-electron chi connectivity index (χ1n) is 33.2. The first kappa shape index (κ1) is 65.6. The van der Waals surface area contributed by atoms with Gasteiger partial charge in [-0.2, -0.15) is 0 Å². The van der Waals surface area contributed by atoms with Crippen molar-refractivity contribution in [3.05, 3.63) is 0 Å². The van der Waals surface area contributed by atoms with E-state index in [0.29, 0.717) is 90.6 Å². The molecule has 5 saturated heterocycles. The van der Waals surface area contributed by atoms with Crippen LogP contribution in [0.2, 0.25) is 142 Å². The van der Waals surface area contributed by atoms with E-state index in [1.165, 1.54) is 57.8 Å². The second kappa shape index (κ2) is 25.0. The van der Waals surface area contributed by atoms with Gasteiger partial charge in [0, 0.05) is 0 Å². The molecule has 5 aliphatic heterocycles. The number of ether oxygens (including phenoxy) is 5. The van der Waals surface area contributed by atoms with Crippen molar-refractivity contribution in [1.29, 1.82) is 0 Å². The van der Waals surface area contributed by atoms with Gasteiger partial charge in [-0.05, 0) is 300 Å². The molecule has 0 N–H and O–H groups in total. The van der Waals surface area contributed by atoms with Crippen molar-refractivity contribution in [2.24, 2.45) is 29.6 Å². The van der Waals surface area contributed by atoms with Gasteiger partial charge in [-0.1, -0.05) is 0 Å². The summed E-state index contributed by atoms with van der Waals surface area (Å²) >= 11 is 0. The largest absolute Gasteiger partial charge is 0.437 e. The zero-order valence-corrected chi connectivity index (χ0v) is 64.1. The Morgan fingerprint density at radius 1 is 0.235 bits per heavy atom. The third-order valence-electron chi connectivity index (χ3n) is 19.8. The van der Waals surface area contributed by atoms with Crippen molar-refractivity contribution in [1.82, 2.24) is 0 Å². The van der Waals surface area contributed by atoms with Gasteiger partial charge in [0.25, 0.3) is 0 Å². The molecule has 10 aliphatic rings. The van der Waals surface area contributed by atoms with Crippen LogP contribution in [0.15, 0.2) is 0 Å². The molecule has 0 bridgehead atoms. The number of hydrogen-bond acceptors (Lipinski definition) is 14. The van der Waals surface area contributed by atoms with Crippen molar-refractivity contribution < 1.29 is 60.7 Å². The smallest absolute Gasteiger partial charge is 0.317 e. The average molecular weight is 1310 g/mol. The van der Waals surface area contributed by atoms with E-state index in [9.17, 15) is 0 Å². The van der Waals surface area contributed by atoms with E-state index in [2.05, 4.69) is 111 Å². The average Bonchev–Trinajstić information content (AvgIpc) is 4.26. The number of hydrogen-bond donors (Lipinski definition) is 0. The topological polar surface area (TPSA) is 146 Å². The Morgan fingerprint density at radius 2 is 0.444 bits per heavy atom. The fourth-order valence-electron chi connectivity index (χ4n) is 16.7. The Bertz CT molecular complexity index is 2130. The van der Waals surface area contributed by atoms with Gasteiger partial charge in [0.2, 0.25) is 0 Å². The summed E-state index contributed by atoms with van der Waals surface area (Å²) in [6.07, 6.45) is 27.7. The van der Waals surface area contributed by atoms with Gasteiger partial charge < -0.3 is 60.7 Å². The molecular formula is C57H116O14Si10. The van der Waals surface area contributed by atoms with E-state index in [0.717, 1.165) is 101 Å². The van der Waals surface area contributed by atoms with Crippen LogP contribution in [0.25, 0.3) is 0 Å². The van der Waals surface area contributed by atoms with Crippen molar-refractivity contribution >= 4 is 85.1 Å². The minimum atomic E-state index is -3.17. The molecule has 5 aliphatic carbocycles. The fraction of sp³-hybridized carbons (Fsp3) is 1.00. The van der Waals surface area contributed by atoms with Crippen LogP contribution in [-0.2, 0) is 60.7 Å². The van der Waals surface area contributed by atoms with Crippen LogP contribution >= 0.6 is 0 Å². The predicted octanol–water partition coefficient (Wildman–Crippen LogP) is 15.1. The Morgan fingerprint density at radius 3 is 0.679 bits per heavy atom. The lowest BCUT2D eigenvalue weighted by atomic mass is 9.88. The molecule has 0 spiro atoms. The highest BCUT2D eigenvalue weighted by atomic mass is 28.5.